The Bertz CT molecular complexity index is 596. The van der Waals surface area contributed by atoms with Crippen LogP contribution in [0.5, 0.6) is 0 Å². The zero-order valence-corrected chi connectivity index (χ0v) is 17.0. The van der Waals surface area contributed by atoms with Crippen molar-refractivity contribution in [3.8, 4) is 0 Å². The highest BCUT2D eigenvalue weighted by molar-refractivity contribution is 5.76. The largest absolute Gasteiger partial charge is 0.368 e. The number of ether oxygens (including phenoxy) is 1. The lowest BCUT2D eigenvalue weighted by Crippen LogP contribution is -2.44. The van der Waals surface area contributed by atoms with Crippen molar-refractivity contribution >= 4 is 5.91 Å². The van der Waals surface area contributed by atoms with E-state index in [9.17, 15) is 4.79 Å². The Labute approximate surface area is 162 Å². The fourth-order valence-corrected chi connectivity index (χ4v) is 3.92. The topological polar surface area (TPSA) is 71.7 Å². The molecule has 2 saturated heterocycles. The minimum Gasteiger partial charge on any atom is -0.368 e. The van der Waals surface area contributed by atoms with Gasteiger partial charge in [0.15, 0.2) is 5.82 Å². The number of hydrogen-bond acceptors (Lipinski definition) is 6. The van der Waals surface area contributed by atoms with Crippen molar-refractivity contribution < 1.29 is 14.1 Å². The average Bonchev–Trinajstić information content (AvgIpc) is 3.09. The molecule has 0 aromatic carbocycles. The van der Waals surface area contributed by atoms with E-state index in [1.54, 1.807) is 0 Å². The van der Waals surface area contributed by atoms with Gasteiger partial charge in [-0.1, -0.05) is 19.0 Å². The number of piperidine rings is 2. The molecular weight excluding hydrogens is 344 g/mol. The molecule has 2 aliphatic rings. The number of likely N-dealkylation sites (tertiary alicyclic amines) is 2. The molecule has 0 unspecified atom stereocenters. The average molecular weight is 379 g/mol. The molecule has 7 heteroatoms. The van der Waals surface area contributed by atoms with Gasteiger partial charge in [-0.05, 0) is 57.7 Å². The van der Waals surface area contributed by atoms with E-state index in [1.807, 2.05) is 4.90 Å². The Morgan fingerprint density at radius 2 is 2.04 bits per heavy atom. The predicted molar refractivity (Wildman–Crippen MR) is 102 cm³/mol. The van der Waals surface area contributed by atoms with Gasteiger partial charge in [0.25, 0.3) is 0 Å². The lowest BCUT2D eigenvalue weighted by Gasteiger charge is -2.34. The highest BCUT2D eigenvalue weighted by atomic mass is 16.5. The molecule has 0 N–H and O–H groups in total. The van der Waals surface area contributed by atoms with E-state index in [0.717, 1.165) is 51.7 Å². The first-order valence-electron chi connectivity index (χ1n) is 10.4. The van der Waals surface area contributed by atoms with Crippen LogP contribution in [0, 0.1) is 11.8 Å². The highest BCUT2D eigenvalue weighted by Crippen LogP contribution is 2.22. The summed E-state index contributed by atoms with van der Waals surface area (Å²) in [6.45, 7) is 8.34. The third-order valence-corrected chi connectivity index (χ3v) is 5.57. The van der Waals surface area contributed by atoms with Crippen LogP contribution in [0.15, 0.2) is 4.52 Å². The third kappa shape index (κ3) is 6.28. The molecule has 0 aliphatic carbocycles. The maximum Gasteiger partial charge on any atom is 0.226 e. The number of carbonyl (C=O) groups is 1. The second-order valence-corrected chi connectivity index (χ2v) is 8.57. The molecule has 3 rings (SSSR count). The van der Waals surface area contributed by atoms with Gasteiger partial charge in [-0.2, -0.15) is 4.98 Å². The molecule has 152 valence electrons. The number of aromatic nitrogens is 2. The van der Waals surface area contributed by atoms with E-state index in [1.165, 1.54) is 0 Å². The summed E-state index contributed by atoms with van der Waals surface area (Å²) in [6.07, 6.45) is 5.77. The molecule has 1 aromatic heterocycles. The SMILES string of the molecule is CC(C)Cc1nc(CO[C@H]2CCCN(C(=O)CC3CCN(C)CC3)C2)no1. The van der Waals surface area contributed by atoms with Crippen LogP contribution in [0.1, 0.15) is 57.7 Å². The van der Waals surface area contributed by atoms with Crippen molar-refractivity contribution in [2.75, 3.05) is 33.2 Å². The third-order valence-electron chi connectivity index (χ3n) is 5.57. The number of rotatable bonds is 7. The van der Waals surface area contributed by atoms with Crippen LogP contribution in [0.2, 0.25) is 0 Å². The lowest BCUT2D eigenvalue weighted by molar-refractivity contribution is -0.137. The van der Waals surface area contributed by atoms with E-state index < -0.39 is 0 Å². The van der Waals surface area contributed by atoms with Crippen molar-refractivity contribution in [3.63, 3.8) is 0 Å². The molecule has 0 radical (unpaired) electrons. The van der Waals surface area contributed by atoms with Crippen LogP contribution in [0.3, 0.4) is 0 Å². The molecule has 1 atom stereocenters. The first-order valence-corrected chi connectivity index (χ1v) is 10.4. The van der Waals surface area contributed by atoms with E-state index in [0.29, 0.717) is 43.1 Å². The molecule has 27 heavy (non-hydrogen) atoms. The van der Waals surface area contributed by atoms with Gasteiger partial charge < -0.3 is 19.1 Å². The van der Waals surface area contributed by atoms with Crippen LogP contribution in [-0.2, 0) is 22.6 Å². The Kier molecular flexibility index (Phi) is 7.24. The van der Waals surface area contributed by atoms with Crippen molar-refractivity contribution in [3.05, 3.63) is 11.7 Å². The van der Waals surface area contributed by atoms with Crippen molar-refractivity contribution in [2.24, 2.45) is 11.8 Å². The van der Waals surface area contributed by atoms with Crippen LogP contribution in [0.4, 0.5) is 0 Å². The molecule has 7 nitrogen and oxygen atoms in total. The highest BCUT2D eigenvalue weighted by Gasteiger charge is 2.27. The van der Waals surface area contributed by atoms with Crippen LogP contribution < -0.4 is 0 Å². The van der Waals surface area contributed by atoms with E-state index in [4.69, 9.17) is 9.26 Å². The van der Waals surface area contributed by atoms with Gasteiger partial charge in [0.2, 0.25) is 11.8 Å². The first kappa shape index (κ1) is 20.3. The van der Waals surface area contributed by atoms with Gasteiger partial charge in [-0.3, -0.25) is 4.79 Å². The number of amides is 1. The van der Waals surface area contributed by atoms with E-state index in [2.05, 4.69) is 35.9 Å². The Hall–Kier alpha value is -1.47. The summed E-state index contributed by atoms with van der Waals surface area (Å²) in [7, 11) is 2.15. The Morgan fingerprint density at radius 1 is 1.26 bits per heavy atom. The second kappa shape index (κ2) is 9.64. The van der Waals surface area contributed by atoms with Crippen molar-refractivity contribution in [1.82, 2.24) is 19.9 Å². The molecule has 1 aromatic rings. The summed E-state index contributed by atoms with van der Waals surface area (Å²) in [5, 5.41) is 4.00. The normalized spacial score (nSPS) is 22.5. The quantitative estimate of drug-likeness (QED) is 0.726. The molecule has 0 saturated carbocycles. The van der Waals surface area contributed by atoms with Crippen LogP contribution in [-0.4, -0.2) is 65.2 Å². The Balaban J connectivity index is 1.42. The minimum absolute atomic E-state index is 0.0623. The molecule has 2 fully saturated rings. The standard InChI is InChI=1S/C20H34N4O3/c1-15(2)11-19-21-18(22-27-19)14-26-17-5-4-8-24(13-17)20(25)12-16-6-9-23(3)10-7-16/h15-17H,4-14H2,1-3H3/t17-/m0/s1. The zero-order valence-electron chi connectivity index (χ0n) is 17.0. The van der Waals surface area contributed by atoms with Crippen LogP contribution >= 0.6 is 0 Å². The summed E-state index contributed by atoms with van der Waals surface area (Å²) in [5.41, 5.74) is 0. The molecule has 2 aliphatic heterocycles. The molecule has 0 bridgehead atoms. The molecule has 1 amide bonds. The smallest absolute Gasteiger partial charge is 0.226 e. The summed E-state index contributed by atoms with van der Waals surface area (Å²) < 4.78 is 11.2. The van der Waals surface area contributed by atoms with Crippen molar-refractivity contribution in [1.29, 1.82) is 0 Å². The van der Waals surface area contributed by atoms with Gasteiger partial charge in [0.1, 0.15) is 6.61 Å². The molecule has 3 heterocycles. The summed E-state index contributed by atoms with van der Waals surface area (Å²) >= 11 is 0. The first-order chi connectivity index (χ1) is 13.0. The van der Waals surface area contributed by atoms with Gasteiger partial charge in [-0.25, -0.2) is 0 Å². The van der Waals surface area contributed by atoms with Crippen molar-refractivity contribution in [2.45, 2.75) is 65.1 Å². The lowest BCUT2D eigenvalue weighted by atomic mass is 9.93. The summed E-state index contributed by atoms with van der Waals surface area (Å²) in [6, 6.07) is 0. The molecule has 0 spiro atoms. The number of nitrogens with zero attached hydrogens (tertiary/aromatic N) is 4. The molecular formula is C20H34N4O3. The van der Waals surface area contributed by atoms with E-state index in [-0.39, 0.29) is 12.0 Å². The summed E-state index contributed by atoms with van der Waals surface area (Å²) in [5.74, 6) is 2.58. The fraction of sp³-hybridized carbons (Fsp3) is 0.850. The Morgan fingerprint density at radius 3 is 2.78 bits per heavy atom. The summed E-state index contributed by atoms with van der Waals surface area (Å²) in [4.78, 5) is 21.4. The van der Waals surface area contributed by atoms with Gasteiger partial charge in [0.05, 0.1) is 6.10 Å². The zero-order chi connectivity index (χ0) is 19.2. The predicted octanol–water partition coefficient (Wildman–Crippen LogP) is 2.51. The van der Waals surface area contributed by atoms with Gasteiger partial charge in [-0.15, -0.1) is 0 Å². The number of hydrogen-bond donors (Lipinski definition) is 0. The second-order valence-electron chi connectivity index (χ2n) is 8.57. The van der Waals surface area contributed by atoms with Crippen LogP contribution in [0.25, 0.3) is 0 Å². The minimum atomic E-state index is 0.0623. The number of carbonyl (C=O) groups excluding carboxylic acids is 1. The monoisotopic (exact) mass is 378 g/mol. The fourth-order valence-electron chi connectivity index (χ4n) is 3.92. The van der Waals surface area contributed by atoms with Gasteiger partial charge >= 0.3 is 0 Å². The van der Waals surface area contributed by atoms with Gasteiger partial charge in [0, 0.05) is 25.9 Å². The van der Waals surface area contributed by atoms with E-state index >= 15 is 0 Å². The maximum atomic E-state index is 12.7. The maximum absolute atomic E-state index is 12.7.